The van der Waals surface area contributed by atoms with Gasteiger partial charge in [0.25, 0.3) is 10.0 Å². The van der Waals surface area contributed by atoms with E-state index >= 15 is 0 Å². The highest BCUT2D eigenvalue weighted by atomic mass is 32.2. The van der Waals surface area contributed by atoms with Gasteiger partial charge < -0.3 is 15.6 Å². The van der Waals surface area contributed by atoms with Crippen LogP contribution in [0.5, 0.6) is 0 Å². The molecule has 10 heteroatoms. The molecule has 34 heavy (non-hydrogen) atoms. The molecule has 9 nitrogen and oxygen atoms in total. The molecule has 1 saturated carbocycles. The zero-order chi connectivity index (χ0) is 24.2. The number of nitrogens with two attached hydrogens (primary N) is 1. The molecule has 0 bridgehead atoms. The van der Waals surface area contributed by atoms with Gasteiger partial charge in [0.1, 0.15) is 0 Å². The number of carbonyl (C=O) groups is 1. The van der Waals surface area contributed by atoms with E-state index in [4.69, 9.17) is 10.3 Å². The third-order valence-corrected chi connectivity index (χ3v) is 7.30. The fourth-order valence-electron chi connectivity index (χ4n) is 3.43. The number of nitrogens with one attached hydrogen (secondary N) is 2. The molecule has 1 aliphatic carbocycles. The highest BCUT2D eigenvalue weighted by Crippen LogP contribution is 2.45. The van der Waals surface area contributed by atoms with Gasteiger partial charge in [0.2, 0.25) is 17.6 Å². The van der Waals surface area contributed by atoms with Crippen LogP contribution in [0.2, 0.25) is 0 Å². The van der Waals surface area contributed by atoms with Gasteiger partial charge in [-0.15, -0.1) is 0 Å². The van der Waals surface area contributed by atoms with E-state index in [2.05, 4.69) is 20.2 Å². The molecule has 4 rings (SSSR count). The van der Waals surface area contributed by atoms with E-state index in [0.29, 0.717) is 41.6 Å². The summed E-state index contributed by atoms with van der Waals surface area (Å²) in [6.45, 7) is 2.58. The Bertz CT molecular complexity index is 1250. The lowest BCUT2D eigenvalue weighted by molar-refractivity contribution is -0.120. The SMILES string of the molecule is CC1(C(=O)Nc2cccc(NS(=O)(=O)c3ccc(-c4noc(CCCCCN)n4)cc3)c2)CC1. The van der Waals surface area contributed by atoms with Crippen LogP contribution >= 0.6 is 0 Å². The predicted molar refractivity (Wildman–Crippen MR) is 130 cm³/mol. The molecule has 0 aliphatic heterocycles. The van der Waals surface area contributed by atoms with Crippen LogP contribution in [-0.2, 0) is 21.2 Å². The summed E-state index contributed by atoms with van der Waals surface area (Å²) in [7, 11) is -3.82. The Hall–Kier alpha value is -3.24. The quantitative estimate of drug-likeness (QED) is 0.351. The number of aromatic nitrogens is 2. The van der Waals surface area contributed by atoms with E-state index in [1.54, 1.807) is 36.4 Å². The minimum absolute atomic E-state index is 0.0525. The van der Waals surface area contributed by atoms with Crippen LogP contribution < -0.4 is 15.8 Å². The first-order chi connectivity index (χ1) is 16.3. The fourth-order valence-corrected chi connectivity index (χ4v) is 4.47. The van der Waals surface area contributed by atoms with Crippen molar-refractivity contribution in [3.8, 4) is 11.4 Å². The Morgan fingerprint density at radius 1 is 1.09 bits per heavy atom. The van der Waals surface area contributed by atoms with Gasteiger partial charge in [-0.05, 0) is 74.7 Å². The summed E-state index contributed by atoms with van der Waals surface area (Å²) >= 11 is 0. The van der Waals surface area contributed by atoms with E-state index in [-0.39, 0.29) is 16.2 Å². The molecule has 0 unspecified atom stereocenters. The second kappa shape index (κ2) is 9.94. The highest BCUT2D eigenvalue weighted by molar-refractivity contribution is 7.92. The van der Waals surface area contributed by atoms with Crippen LogP contribution in [0.15, 0.2) is 57.9 Å². The van der Waals surface area contributed by atoms with Crippen molar-refractivity contribution in [2.24, 2.45) is 11.1 Å². The van der Waals surface area contributed by atoms with Crippen molar-refractivity contribution in [2.75, 3.05) is 16.6 Å². The molecule has 1 aromatic heterocycles. The second-order valence-corrected chi connectivity index (χ2v) is 10.5. The lowest BCUT2D eigenvalue weighted by Crippen LogP contribution is -2.21. The van der Waals surface area contributed by atoms with Gasteiger partial charge in [-0.25, -0.2) is 8.42 Å². The molecule has 180 valence electrons. The topological polar surface area (TPSA) is 140 Å². The first kappa shape index (κ1) is 23.9. The number of rotatable bonds is 11. The normalized spacial score (nSPS) is 14.5. The molecular weight excluding hydrogens is 454 g/mol. The molecule has 1 fully saturated rings. The van der Waals surface area contributed by atoms with Gasteiger partial charge in [0.05, 0.1) is 10.6 Å². The lowest BCUT2D eigenvalue weighted by atomic mass is 10.1. The Labute approximate surface area is 199 Å². The number of hydrogen-bond donors (Lipinski definition) is 3. The van der Waals surface area contributed by atoms with Crippen LogP contribution in [0.1, 0.15) is 44.9 Å². The minimum atomic E-state index is -3.82. The van der Waals surface area contributed by atoms with E-state index < -0.39 is 10.0 Å². The maximum absolute atomic E-state index is 12.9. The van der Waals surface area contributed by atoms with Crippen molar-refractivity contribution < 1.29 is 17.7 Å². The number of benzene rings is 2. The highest BCUT2D eigenvalue weighted by Gasteiger charge is 2.44. The predicted octanol–water partition coefficient (Wildman–Crippen LogP) is 3.95. The average molecular weight is 484 g/mol. The smallest absolute Gasteiger partial charge is 0.261 e. The first-order valence-electron chi connectivity index (χ1n) is 11.4. The molecular formula is C24H29N5O4S. The molecule has 0 radical (unpaired) electrons. The summed E-state index contributed by atoms with van der Waals surface area (Å²) < 4.78 is 33.6. The zero-order valence-corrected chi connectivity index (χ0v) is 19.9. The van der Waals surface area contributed by atoms with Gasteiger partial charge in [-0.2, -0.15) is 4.98 Å². The molecule has 1 aliphatic rings. The molecule has 0 saturated heterocycles. The number of nitrogens with zero attached hydrogens (tertiary/aromatic N) is 2. The van der Waals surface area contributed by atoms with Crippen LogP contribution in [0.25, 0.3) is 11.4 Å². The number of aryl methyl sites for hydroxylation is 1. The number of carbonyl (C=O) groups excluding carboxylic acids is 1. The molecule has 1 heterocycles. The van der Waals surface area contributed by atoms with E-state index in [9.17, 15) is 13.2 Å². The molecule has 2 aromatic carbocycles. The Morgan fingerprint density at radius 2 is 1.82 bits per heavy atom. The van der Waals surface area contributed by atoms with Crippen molar-refractivity contribution in [1.82, 2.24) is 10.1 Å². The van der Waals surface area contributed by atoms with E-state index in [1.807, 2.05) is 6.92 Å². The first-order valence-corrected chi connectivity index (χ1v) is 12.8. The summed E-state index contributed by atoms with van der Waals surface area (Å²) in [4.78, 5) is 16.8. The molecule has 0 spiro atoms. The Balaban J connectivity index is 1.40. The van der Waals surface area contributed by atoms with Crippen molar-refractivity contribution in [3.05, 3.63) is 54.4 Å². The van der Waals surface area contributed by atoms with Crippen molar-refractivity contribution in [3.63, 3.8) is 0 Å². The van der Waals surface area contributed by atoms with Crippen molar-refractivity contribution in [2.45, 2.75) is 50.3 Å². The number of amides is 1. The number of hydrogen-bond acceptors (Lipinski definition) is 7. The second-order valence-electron chi connectivity index (χ2n) is 8.84. The zero-order valence-electron chi connectivity index (χ0n) is 19.1. The molecule has 0 atom stereocenters. The van der Waals surface area contributed by atoms with Gasteiger partial charge in [-0.3, -0.25) is 9.52 Å². The van der Waals surface area contributed by atoms with Gasteiger partial charge in [-0.1, -0.05) is 24.6 Å². The Kier molecular flexibility index (Phi) is 6.99. The van der Waals surface area contributed by atoms with E-state index in [1.165, 1.54) is 12.1 Å². The minimum Gasteiger partial charge on any atom is -0.339 e. The monoisotopic (exact) mass is 483 g/mol. The van der Waals surface area contributed by atoms with Crippen molar-refractivity contribution >= 4 is 27.3 Å². The number of sulfonamides is 1. The Morgan fingerprint density at radius 3 is 2.53 bits per heavy atom. The van der Waals surface area contributed by atoms with Gasteiger partial charge >= 0.3 is 0 Å². The fraction of sp³-hybridized carbons (Fsp3) is 0.375. The summed E-state index contributed by atoms with van der Waals surface area (Å²) in [6.07, 6.45) is 5.29. The van der Waals surface area contributed by atoms with E-state index in [0.717, 1.165) is 32.1 Å². The summed E-state index contributed by atoms with van der Waals surface area (Å²) in [5.41, 5.74) is 6.75. The molecule has 1 amide bonds. The molecule has 4 N–H and O–H groups in total. The summed E-state index contributed by atoms with van der Waals surface area (Å²) in [6, 6.07) is 12.9. The average Bonchev–Trinajstić information content (AvgIpc) is 3.40. The van der Waals surface area contributed by atoms with Crippen LogP contribution in [0.4, 0.5) is 11.4 Å². The standard InChI is InChI=1S/C24H29N5O4S/c1-24(13-14-24)23(30)26-18-6-5-7-19(16-18)29-34(31,32)20-11-9-17(10-12-20)22-27-21(33-28-22)8-3-2-4-15-25/h5-7,9-12,16,29H,2-4,8,13-15,25H2,1H3,(H,26,30). The van der Waals surface area contributed by atoms with Gasteiger partial charge in [0, 0.05) is 23.1 Å². The van der Waals surface area contributed by atoms with Gasteiger partial charge in [0.15, 0.2) is 0 Å². The lowest BCUT2D eigenvalue weighted by Gasteiger charge is -2.12. The molecule has 3 aromatic rings. The third kappa shape index (κ3) is 5.81. The van der Waals surface area contributed by atoms with Crippen LogP contribution in [0.3, 0.4) is 0 Å². The third-order valence-electron chi connectivity index (χ3n) is 5.91. The maximum Gasteiger partial charge on any atom is 0.261 e. The maximum atomic E-state index is 12.9. The summed E-state index contributed by atoms with van der Waals surface area (Å²) in [5, 5.41) is 6.84. The van der Waals surface area contributed by atoms with Crippen LogP contribution in [-0.4, -0.2) is 31.0 Å². The number of unbranched alkanes of at least 4 members (excludes halogenated alkanes) is 2. The number of anilines is 2. The van der Waals surface area contributed by atoms with Crippen molar-refractivity contribution in [1.29, 1.82) is 0 Å². The summed E-state index contributed by atoms with van der Waals surface area (Å²) in [5.74, 6) is 0.912. The largest absolute Gasteiger partial charge is 0.339 e. The van der Waals surface area contributed by atoms with Crippen LogP contribution in [0, 0.1) is 5.41 Å².